The van der Waals surface area contributed by atoms with Gasteiger partial charge in [-0.05, 0) is 79.1 Å². The van der Waals surface area contributed by atoms with Gasteiger partial charge >= 0.3 is 0 Å². The van der Waals surface area contributed by atoms with Crippen LogP contribution in [0.5, 0.6) is 5.75 Å². The predicted octanol–water partition coefficient (Wildman–Crippen LogP) is -0.937. The number of benzene rings is 3. The third kappa shape index (κ3) is 17.5. The zero-order chi connectivity index (χ0) is 53.2. The fourth-order valence-electron chi connectivity index (χ4n) is 7.80. The molecule has 1 aliphatic heterocycles. The van der Waals surface area contributed by atoms with Crippen molar-refractivity contribution in [2.24, 2.45) is 23.1 Å². The molecule has 8 amide bonds. The maximum atomic E-state index is 14.6. The molecule has 16 N–H and O–H groups in total. The van der Waals surface area contributed by atoms with E-state index in [-0.39, 0.29) is 49.5 Å². The van der Waals surface area contributed by atoms with Crippen LogP contribution in [0.25, 0.3) is 10.8 Å². The zero-order valence-electron chi connectivity index (χ0n) is 40.8. The van der Waals surface area contributed by atoms with Crippen LogP contribution >= 0.6 is 21.6 Å². The summed E-state index contributed by atoms with van der Waals surface area (Å²) in [6, 6.07) is 8.34. The molecule has 1 unspecified atom stereocenters. The van der Waals surface area contributed by atoms with E-state index in [2.05, 4.69) is 47.2 Å². The number of hydrogen-bond donors (Lipinski definition) is 13. The molecule has 0 aliphatic carbocycles. The Hall–Kier alpha value is -6.73. The number of aromatic nitrogens is 2. The van der Waals surface area contributed by atoms with Gasteiger partial charge in [-0.2, -0.15) is 0 Å². The largest absolute Gasteiger partial charge is 0.508 e. The van der Waals surface area contributed by atoms with Crippen LogP contribution in [0.4, 0.5) is 0 Å². The number of H-pyrrole nitrogens is 1. The van der Waals surface area contributed by atoms with E-state index in [9.17, 15) is 48.6 Å². The number of rotatable bonds is 17. The second-order valence-electron chi connectivity index (χ2n) is 18.1. The van der Waals surface area contributed by atoms with Gasteiger partial charge in [0.15, 0.2) is 0 Å². The van der Waals surface area contributed by atoms with Crippen molar-refractivity contribution in [2.75, 3.05) is 18.1 Å². The molecule has 0 spiro atoms. The van der Waals surface area contributed by atoms with Crippen molar-refractivity contribution in [3.63, 3.8) is 0 Å². The van der Waals surface area contributed by atoms with E-state index in [0.29, 0.717) is 24.1 Å². The van der Waals surface area contributed by atoms with Gasteiger partial charge in [0.2, 0.25) is 47.3 Å². The van der Waals surface area contributed by atoms with Gasteiger partial charge in [0, 0.05) is 30.5 Å². The number of phenols is 1. The molecule has 1 saturated heterocycles. The molecule has 394 valence electrons. The number of aliphatic hydroxyl groups excluding tert-OH is 1. The summed E-state index contributed by atoms with van der Waals surface area (Å²) >= 11 is 0. The molecule has 1 fully saturated rings. The monoisotopic (exact) mass is 1050 g/mol. The van der Waals surface area contributed by atoms with Gasteiger partial charge in [0.25, 0.3) is 0 Å². The highest BCUT2D eigenvalue weighted by Gasteiger charge is 2.36. The molecule has 1 aliphatic rings. The summed E-state index contributed by atoms with van der Waals surface area (Å²) in [5.74, 6) is -7.76. The van der Waals surface area contributed by atoms with Gasteiger partial charge in [0.05, 0.1) is 24.2 Å². The lowest BCUT2D eigenvalue weighted by molar-refractivity contribution is -0.136. The summed E-state index contributed by atoms with van der Waals surface area (Å²) in [6.45, 7) is 4.82. The molecular formula is C49H66N12O10S2. The standard InChI is InChI=1S/C49H66N12O10S2/c1-26(2)40-49(71)59-39(48(70)61-41(27(3)62)42(52)64)24-73-72-23-38(58-43(65)34(51)19-29-11-14-30-8-4-5-9-31(30)18-29)47(69)56-36(20-28-12-15-33(63)16-13-28)45(67)57-37(21-32-22-53-25-54-32)46(68)55-35(44(66)60-40)10-6-7-17-50/h4-5,8-9,11-16,18,22,25-27,34-41,62-63H,6-7,10,17,19-21,23-24,50-51H2,1-3H3,(H2,52,64)(H,53,54)(H,55,68)(H,56,69)(H,57,67)(H,58,65)(H,59,71)(H,60,66)(H,61,70)/t27?,34-,35+,36+,37-,38+,39+,40+,41+/m1/s1. The third-order valence-corrected chi connectivity index (χ3v) is 14.4. The van der Waals surface area contributed by atoms with Gasteiger partial charge in [-0.25, -0.2) is 4.98 Å². The van der Waals surface area contributed by atoms with Crippen LogP contribution in [0, 0.1) is 5.92 Å². The number of nitrogens with two attached hydrogens (primary N) is 3. The Labute approximate surface area is 430 Å². The minimum Gasteiger partial charge on any atom is -0.508 e. The minimum atomic E-state index is -1.55. The molecule has 73 heavy (non-hydrogen) atoms. The Balaban J connectivity index is 1.54. The molecule has 9 atom stereocenters. The number of nitrogens with one attached hydrogen (secondary N) is 8. The summed E-state index contributed by atoms with van der Waals surface area (Å²) in [6.07, 6.45) is 2.15. The number of unbranched alkanes of at least 4 members (excludes halogenated alkanes) is 1. The molecule has 24 heteroatoms. The fourth-order valence-corrected chi connectivity index (χ4v) is 10.1. The van der Waals surface area contributed by atoms with E-state index in [1.54, 1.807) is 26.0 Å². The average Bonchev–Trinajstić information content (AvgIpc) is 3.87. The van der Waals surface area contributed by atoms with Crippen molar-refractivity contribution in [1.29, 1.82) is 0 Å². The first-order valence-corrected chi connectivity index (χ1v) is 26.4. The minimum absolute atomic E-state index is 0.0544. The number of primary amides is 1. The van der Waals surface area contributed by atoms with Crippen molar-refractivity contribution in [3.8, 4) is 5.75 Å². The molecule has 1 aromatic heterocycles. The lowest BCUT2D eigenvalue weighted by atomic mass is 10.0. The number of aromatic hydroxyl groups is 1. The van der Waals surface area contributed by atoms with Crippen LogP contribution in [-0.4, -0.2) is 140 Å². The lowest BCUT2D eigenvalue weighted by Gasteiger charge is -2.29. The van der Waals surface area contributed by atoms with Crippen molar-refractivity contribution in [3.05, 3.63) is 96.1 Å². The first-order valence-electron chi connectivity index (χ1n) is 23.9. The van der Waals surface area contributed by atoms with E-state index < -0.39 is 108 Å². The maximum absolute atomic E-state index is 14.6. The van der Waals surface area contributed by atoms with Crippen LogP contribution in [0.3, 0.4) is 0 Å². The molecule has 0 saturated carbocycles. The highest BCUT2D eigenvalue weighted by molar-refractivity contribution is 8.76. The van der Waals surface area contributed by atoms with E-state index >= 15 is 0 Å². The smallest absolute Gasteiger partial charge is 0.244 e. The Morgan fingerprint density at radius 2 is 1.40 bits per heavy atom. The van der Waals surface area contributed by atoms with E-state index in [0.717, 1.165) is 37.9 Å². The summed E-state index contributed by atoms with van der Waals surface area (Å²) in [4.78, 5) is 119. The van der Waals surface area contributed by atoms with Gasteiger partial charge < -0.3 is 69.6 Å². The Bertz CT molecular complexity index is 2530. The molecule has 3 aromatic carbocycles. The van der Waals surface area contributed by atoms with Gasteiger partial charge in [-0.1, -0.05) is 90.0 Å². The first kappa shape index (κ1) is 57.2. The summed E-state index contributed by atoms with van der Waals surface area (Å²) in [5.41, 5.74) is 19.3. The van der Waals surface area contributed by atoms with Crippen LogP contribution in [0.15, 0.2) is 79.3 Å². The number of carbonyl (C=O) groups is 8. The van der Waals surface area contributed by atoms with Gasteiger partial charge in [-0.3, -0.25) is 38.4 Å². The number of aliphatic hydroxyl groups is 1. The Morgan fingerprint density at radius 1 is 0.767 bits per heavy atom. The third-order valence-electron chi connectivity index (χ3n) is 11.9. The number of imidazole rings is 1. The van der Waals surface area contributed by atoms with Gasteiger partial charge in [0.1, 0.15) is 48.0 Å². The molecule has 22 nitrogen and oxygen atoms in total. The van der Waals surface area contributed by atoms with Crippen LogP contribution in [0.2, 0.25) is 0 Å². The van der Waals surface area contributed by atoms with Gasteiger partial charge in [-0.15, -0.1) is 0 Å². The van der Waals surface area contributed by atoms with Crippen molar-refractivity contribution in [2.45, 2.75) is 114 Å². The number of phenolic OH excluding ortho intramolecular Hbond substituents is 1. The number of fused-ring (bicyclic) bond motifs is 1. The highest BCUT2D eigenvalue weighted by atomic mass is 33.1. The molecule has 0 radical (unpaired) electrons. The van der Waals surface area contributed by atoms with E-state index in [4.69, 9.17) is 17.2 Å². The molecule has 5 rings (SSSR count). The second-order valence-corrected chi connectivity index (χ2v) is 20.7. The van der Waals surface area contributed by atoms with Crippen LogP contribution < -0.4 is 54.4 Å². The highest BCUT2D eigenvalue weighted by Crippen LogP contribution is 2.24. The predicted molar refractivity (Wildman–Crippen MR) is 277 cm³/mol. The van der Waals surface area contributed by atoms with Crippen molar-refractivity contribution < 1.29 is 48.6 Å². The molecule has 2 heterocycles. The SMILES string of the molecule is CC(C)[C@@H]1NC(=O)[C@H](CCCCN)NC(=O)[C@@H](Cc2c[nH]cn2)NC(=O)[C@H](Cc2ccc(O)cc2)NC(=O)[C@@H](NC(=O)[C@H](N)Cc2ccc3ccccc3c2)CSSC[C@@H](C(=O)N[C@H](C(N)=O)C(C)O)NC1=O. The zero-order valence-corrected chi connectivity index (χ0v) is 42.4. The Morgan fingerprint density at radius 3 is 2.04 bits per heavy atom. The molecule has 4 aromatic rings. The first-order chi connectivity index (χ1) is 34.8. The van der Waals surface area contributed by atoms with E-state index in [1.807, 2.05) is 42.5 Å². The topological polar surface area (TPSA) is 368 Å². The van der Waals surface area contributed by atoms with Crippen molar-refractivity contribution >= 4 is 79.6 Å². The quantitative estimate of drug-likeness (QED) is 0.0449. The van der Waals surface area contributed by atoms with E-state index in [1.165, 1.54) is 31.6 Å². The van der Waals surface area contributed by atoms with Crippen LogP contribution in [0.1, 0.15) is 56.9 Å². The average molecular weight is 1050 g/mol. The number of carbonyl (C=O) groups excluding carboxylic acids is 8. The number of nitrogens with zero attached hydrogens (tertiary/aromatic N) is 1. The normalized spacial score (nSPS) is 22.1. The number of hydrogen-bond acceptors (Lipinski definition) is 15. The van der Waals surface area contributed by atoms with Crippen molar-refractivity contribution in [1.82, 2.24) is 47.2 Å². The fraction of sp³-hybridized carbons (Fsp3) is 0.449. The number of amides is 8. The number of aromatic amines is 1. The van der Waals surface area contributed by atoms with Crippen LogP contribution in [-0.2, 0) is 57.6 Å². The Kier molecular flexibility index (Phi) is 21.9. The maximum Gasteiger partial charge on any atom is 0.244 e. The lowest BCUT2D eigenvalue weighted by Crippen LogP contribution is -2.62. The summed E-state index contributed by atoms with van der Waals surface area (Å²) in [5, 5.41) is 40.9. The summed E-state index contributed by atoms with van der Waals surface area (Å²) in [7, 11) is 2.02. The molecular weight excluding hydrogens is 981 g/mol. The molecule has 0 bridgehead atoms. The summed E-state index contributed by atoms with van der Waals surface area (Å²) < 4.78 is 0. The second kappa shape index (κ2) is 27.9.